The van der Waals surface area contributed by atoms with Crippen LogP contribution in [0, 0.1) is 0 Å². The highest BCUT2D eigenvalue weighted by molar-refractivity contribution is 5.69. The molecule has 2 atom stereocenters. The van der Waals surface area contributed by atoms with Gasteiger partial charge in [-0.25, -0.2) is 9.18 Å². The Morgan fingerprint density at radius 2 is 2.67 bits per heavy atom. The topological polar surface area (TPSA) is 38.3 Å². The molecule has 1 unspecified atom stereocenters. The van der Waals surface area contributed by atoms with Crippen molar-refractivity contribution in [2.24, 2.45) is 0 Å². The Bertz CT molecular complexity index is 126. The van der Waals surface area contributed by atoms with E-state index in [0.29, 0.717) is 0 Å². The highest BCUT2D eigenvalue weighted by Gasteiger charge is 2.26. The van der Waals surface area contributed by atoms with E-state index in [2.05, 4.69) is 10.1 Å². The fourth-order valence-corrected chi connectivity index (χ4v) is 0.648. The molecule has 1 aliphatic rings. The van der Waals surface area contributed by atoms with Crippen LogP contribution in [0.1, 0.15) is 6.92 Å². The van der Waals surface area contributed by atoms with Gasteiger partial charge in [0.25, 0.3) is 0 Å². The maximum absolute atomic E-state index is 12.3. The molecule has 0 aromatic heterocycles. The summed E-state index contributed by atoms with van der Waals surface area (Å²) >= 11 is 0. The molecule has 1 rings (SSSR count). The molecule has 0 aromatic carbocycles. The van der Waals surface area contributed by atoms with E-state index in [4.69, 9.17) is 0 Å². The highest BCUT2D eigenvalue weighted by atomic mass is 19.1. The molecule has 0 spiro atoms. The van der Waals surface area contributed by atoms with Gasteiger partial charge in [0, 0.05) is 0 Å². The predicted octanol–water partition coefficient (Wildman–Crippen LogP) is 0.453. The van der Waals surface area contributed by atoms with Crippen LogP contribution in [-0.2, 0) is 4.74 Å². The lowest BCUT2D eigenvalue weighted by Gasteiger charge is -2.05. The maximum Gasteiger partial charge on any atom is 0.407 e. The van der Waals surface area contributed by atoms with E-state index in [1.165, 1.54) is 6.92 Å². The minimum absolute atomic E-state index is 0.149. The number of ether oxygens (including phenoxy) is 1. The molecule has 9 heavy (non-hydrogen) atoms. The average molecular weight is 133 g/mol. The molecule has 0 radical (unpaired) electrons. The maximum atomic E-state index is 12.3. The third-order valence-corrected chi connectivity index (χ3v) is 1.25. The van der Waals surface area contributed by atoms with Crippen LogP contribution >= 0.6 is 0 Å². The van der Waals surface area contributed by atoms with E-state index in [1.54, 1.807) is 0 Å². The zero-order chi connectivity index (χ0) is 6.85. The first-order valence-electron chi connectivity index (χ1n) is 2.77. The largest absolute Gasteiger partial charge is 0.447 e. The lowest BCUT2D eigenvalue weighted by molar-refractivity contribution is 0.173. The van der Waals surface area contributed by atoms with Crippen LogP contribution in [-0.4, -0.2) is 24.9 Å². The molecule has 0 bridgehead atoms. The Labute approximate surface area is 52.2 Å². The highest BCUT2D eigenvalue weighted by Crippen LogP contribution is 2.04. The van der Waals surface area contributed by atoms with Gasteiger partial charge in [-0.1, -0.05) is 0 Å². The molecule has 1 N–H and O–H groups in total. The molecule has 52 valence electrons. The Morgan fingerprint density at radius 1 is 2.00 bits per heavy atom. The number of alkyl carbamates (subject to hydrolysis) is 1. The van der Waals surface area contributed by atoms with E-state index < -0.39 is 18.3 Å². The van der Waals surface area contributed by atoms with Crippen LogP contribution in [0.3, 0.4) is 0 Å². The second-order valence-corrected chi connectivity index (χ2v) is 2.03. The fourth-order valence-electron chi connectivity index (χ4n) is 0.648. The summed E-state index contributed by atoms with van der Waals surface area (Å²) in [5, 5.41) is 2.32. The molecule has 0 saturated carbocycles. The second kappa shape index (κ2) is 2.21. The Kier molecular flexibility index (Phi) is 1.55. The second-order valence-electron chi connectivity index (χ2n) is 2.03. The summed E-state index contributed by atoms with van der Waals surface area (Å²) < 4.78 is 16.7. The predicted molar refractivity (Wildman–Crippen MR) is 28.8 cm³/mol. The Hall–Kier alpha value is -0.800. The summed E-state index contributed by atoms with van der Waals surface area (Å²) in [4.78, 5) is 10.3. The molecule has 1 fully saturated rings. The molecule has 0 aliphatic carbocycles. The van der Waals surface area contributed by atoms with Crippen molar-refractivity contribution in [3.05, 3.63) is 0 Å². The average Bonchev–Trinajstić information content (AvgIpc) is 2.14. The lowest BCUT2D eigenvalue weighted by atomic mass is 10.2. The van der Waals surface area contributed by atoms with Crippen LogP contribution in [0.15, 0.2) is 0 Å². The van der Waals surface area contributed by atoms with Crippen molar-refractivity contribution in [1.29, 1.82) is 0 Å². The van der Waals surface area contributed by atoms with Gasteiger partial charge in [0.1, 0.15) is 12.8 Å². The van der Waals surface area contributed by atoms with Crippen molar-refractivity contribution in [2.75, 3.05) is 6.61 Å². The Balaban J connectivity index is 2.39. The molecule has 1 amide bonds. The van der Waals surface area contributed by atoms with Crippen molar-refractivity contribution < 1.29 is 13.9 Å². The number of carbonyl (C=O) groups excluding carboxylic acids is 1. The van der Waals surface area contributed by atoms with Crippen LogP contribution in [0.4, 0.5) is 9.18 Å². The fraction of sp³-hybridized carbons (Fsp3) is 0.800. The first kappa shape index (κ1) is 6.32. The summed E-state index contributed by atoms with van der Waals surface area (Å²) in [6.45, 7) is 1.54. The number of hydrogen-bond donors (Lipinski definition) is 1. The van der Waals surface area contributed by atoms with Gasteiger partial charge in [-0.2, -0.15) is 0 Å². The number of hydrogen-bond acceptors (Lipinski definition) is 2. The summed E-state index contributed by atoms with van der Waals surface area (Å²) in [6.07, 6.45) is -1.55. The molecular weight excluding hydrogens is 125 g/mol. The number of amides is 1. The summed E-state index contributed by atoms with van der Waals surface area (Å²) in [7, 11) is 0. The molecule has 1 saturated heterocycles. The van der Waals surface area contributed by atoms with Gasteiger partial charge in [-0.3, -0.25) is 0 Å². The van der Waals surface area contributed by atoms with Crippen molar-refractivity contribution in [3.8, 4) is 0 Å². The van der Waals surface area contributed by atoms with Crippen LogP contribution in [0.25, 0.3) is 0 Å². The molecule has 1 heterocycles. The van der Waals surface area contributed by atoms with E-state index in [1.807, 2.05) is 0 Å². The third-order valence-electron chi connectivity index (χ3n) is 1.25. The van der Waals surface area contributed by atoms with E-state index in [0.717, 1.165) is 0 Å². The SMILES string of the molecule is C[C@@H](F)C1COC(=O)N1. The number of nitrogens with one attached hydrogen (secondary N) is 1. The molecule has 4 heteroatoms. The number of halogens is 1. The Morgan fingerprint density at radius 3 is 2.89 bits per heavy atom. The zero-order valence-electron chi connectivity index (χ0n) is 5.06. The quantitative estimate of drug-likeness (QED) is 0.564. The van der Waals surface area contributed by atoms with E-state index >= 15 is 0 Å². The van der Waals surface area contributed by atoms with Crippen molar-refractivity contribution in [1.82, 2.24) is 5.32 Å². The van der Waals surface area contributed by atoms with Gasteiger partial charge in [-0.05, 0) is 6.92 Å². The smallest absolute Gasteiger partial charge is 0.407 e. The van der Waals surface area contributed by atoms with Gasteiger partial charge in [0.15, 0.2) is 0 Å². The minimum Gasteiger partial charge on any atom is -0.447 e. The third kappa shape index (κ3) is 1.31. The van der Waals surface area contributed by atoms with Gasteiger partial charge < -0.3 is 10.1 Å². The molecule has 0 aromatic rings. The normalized spacial score (nSPS) is 29.1. The minimum atomic E-state index is -1.03. The molecular formula is C5H8FNO2. The van der Waals surface area contributed by atoms with Gasteiger partial charge in [0.2, 0.25) is 0 Å². The first-order valence-corrected chi connectivity index (χ1v) is 2.77. The van der Waals surface area contributed by atoms with Crippen LogP contribution < -0.4 is 5.32 Å². The van der Waals surface area contributed by atoms with E-state index in [9.17, 15) is 9.18 Å². The monoisotopic (exact) mass is 133 g/mol. The van der Waals surface area contributed by atoms with Gasteiger partial charge >= 0.3 is 6.09 Å². The zero-order valence-corrected chi connectivity index (χ0v) is 5.06. The number of carbonyl (C=O) groups is 1. The van der Waals surface area contributed by atoms with Crippen molar-refractivity contribution >= 4 is 6.09 Å². The number of alkyl halides is 1. The van der Waals surface area contributed by atoms with Crippen molar-refractivity contribution in [2.45, 2.75) is 19.1 Å². The van der Waals surface area contributed by atoms with E-state index in [-0.39, 0.29) is 6.61 Å². The summed E-state index contributed by atoms with van der Waals surface area (Å²) in [5.41, 5.74) is 0. The van der Waals surface area contributed by atoms with Gasteiger partial charge in [0.05, 0.1) is 6.04 Å². The lowest BCUT2D eigenvalue weighted by Crippen LogP contribution is -2.33. The molecule has 1 aliphatic heterocycles. The van der Waals surface area contributed by atoms with Crippen molar-refractivity contribution in [3.63, 3.8) is 0 Å². The first-order chi connectivity index (χ1) is 4.20. The van der Waals surface area contributed by atoms with Crippen LogP contribution in [0.2, 0.25) is 0 Å². The molecule has 3 nitrogen and oxygen atoms in total. The van der Waals surface area contributed by atoms with Crippen LogP contribution in [0.5, 0.6) is 0 Å². The summed E-state index contributed by atoms with van der Waals surface area (Å²) in [6, 6.07) is -0.447. The van der Waals surface area contributed by atoms with Gasteiger partial charge in [-0.15, -0.1) is 0 Å². The standard InChI is InChI=1S/C5H8FNO2/c1-3(6)4-2-9-5(8)7-4/h3-4H,2H2,1H3,(H,7,8)/t3-,4?/m1/s1. The summed E-state index contributed by atoms with van der Waals surface area (Å²) in [5.74, 6) is 0. The number of rotatable bonds is 1. The number of cyclic esters (lactones) is 1.